The molecule has 86 valence electrons. The Hall–Kier alpha value is -1.46. The van der Waals surface area contributed by atoms with Crippen LogP contribution in [0.25, 0.3) is 0 Å². The molecule has 0 aliphatic rings. The summed E-state index contributed by atoms with van der Waals surface area (Å²) in [6, 6.07) is 7.89. The Kier molecular flexibility index (Phi) is 4.88. The first-order valence-corrected chi connectivity index (χ1v) is 5.68. The van der Waals surface area contributed by atoms with Gasteiger partial charge in [0.05, 0.1) is 0 Å². The molecule has 1 atom stereocenters. The van der Waals surface area contributed by atoms with E-state index in [0.717, 1.165) is 17.8 Å². The van der Waals surface area contributed by atoms with E-state index in [9.17, 15) is 0 Å². The third kappa shape index (κ3) is 3.60. The molecule has 0 aliphatic carbocycles. The largest absolute Gasteiger partial charge is 0.385 e. The molecule has 0 amide bonds. The number of hydrogen-bond acceptors (Lipinski definition) is 2. The molecule has 16 heavy (non-hydrogen) atoms. The second-order valence-electron chi connectivity index (χ2n) is 4.35. The van der Waals surface area contributed by atoms with Gasteiger partial charge in [0.25, 0.3) is 0 Å². The average molecular weight is 216 g/mol. The Morgan fingerprint density at radius 3 is 2.75 bits per heavy atom. The van der Waals surface area contributed by atoms with Gasteiger partial charge in [-0.3, -0.25) is 0 Å². The lowest BCUT2D eigenvalue weighted by Crippen LogP contribution is -2.27. The highest BCUT2D eigenvalue weighted by Crippen LogP contribution is 2.13. The average Bonchev–Trinajstić information content (AvgIpc) is 2.29. The quantitative estimate of drug-likeness (QED) is 0.741. The van der Waals surface area contributed by atoms with E-state index in [0.29, 0.717) is 18.4 Å². The van der Waals surface area contributed by atoms with Crippen LogP contribution < -0.4 is 11.1 Å². The third-order valence-corrected chi connectivity index (χ3v) is 2.84. The van der Waals surface area contributed by atoms with Crippen molar-refractivity contribution in [1.82, 2.24) is 0 Å². The summed E-state index contributed by atoms with van der Waals surface area (Å²) in [7, 11) is 0. The van der Waals surface area contributed by atoms with Gasteiger partial charge < -0.3 is 11.1 Å². The molecule has 0 fully saturated rings. The predicted molar refractivity (Wildman–Crippen MR) is 70.2 cm³/mol. The summed E-state index contributed by atoms with van der Waals surface area (Å²) in [5.41, 5.74) is 7.69. The molecule has 0 bridgehead atoms. The van der Waals surface area contributed by atoms with Gasteiger partial charge in [-0.2, -0.15) is 0 Å². The number of hydrogen-bond donors (Lipinski definition) is 2. The highest BCUT2D eigenvalue weighted by atomic mass is 14.9. The zero-order valence-electron chi connectivity index (χ0n) is 10.0. The molecule has 0 radical (unpaired) electrons. The Morgan fingerprint density at radius 2 is 2.19 bits per heavy atom. The lowest BCUT2D eigenvalue weighted by atomic mass is 9.96. The number of terminal acetylenes is 1. The third-order valence-electron chi connectivity index (χ3n) is 2.84. The summed E-state index contributed by atoms with van der Waals surface area (Å²) in [4.78, 5) is 0. The maximum Gasteiger partial charge on any atom is 0.0352 e. The summed E-state index contributed by atoms with van der Waals surface area (Å²) in [6.07, 6.45) is 5.35. The Balaban J connectivity index is 2.57. The minimum absolute atomic E-state index is 0.495. The Labute approximate surface area is 98.2 Å². The summed E-state index contributed by atoms with van der Waals surface area (Å²) in [6.45, 7) is 5.98. The van der Waals surface area contributed by atoms with Gasteiger partial charge in [-0.25, -0.2) is 0 Å². The lowest BCUT2D eigenvalue weighted by molar-refractivity contribution is 0.413. The first kappa shape index (κ1) is 12.6. The topological polar surface area (TPSA) is 38.0 Å². The second-order valence-corrected chi connectivity index (χ2v) is 4.35. The Morgan fingerprint density at radius 1 is 1.44 bits per heavy atom. The molecule has 0 saturated heterocycles. The van der Waals surface area contributed by atoms with Gasteiger partial charge in [0, 0.05) is 17.8 Å². The molecular weight excluding hydrogens is 196 g/mol. The lowest BCUT2D eigenvalue weighted by Gasteiger charge is -2.19. The van der Waals surface area contributed by atoms with E-state index in [-0.39, 0.29) is 0 Å². The minimum atomic E-state index is 0.495. The van der Waals surface area contributed by atoms with E-state index < -0.39 is 0 Å². The number of benzene rings is 1. The fourth-order valence-electron chi connectivity index (χ4n) is 1.56. The molecule has 1 rings (SSSR count). The van der Waals surface area contributed by atoms with Crippen LogP contribution in [0.15, 0.2) is 24.3 Å². The van der Waals surface area contributed by atoms with Crippen molar-refractivity contribution in [3.05, 3.63) is 29.8 Å². The van der Waals surface area contributed by atoms with Crippen molar-refractivity contribution in [2.45, 2.75) is 13.8 Å². The summed E-state index contributed by atoms with van der Waals surface area (Å²) in [5.74, 6) is 3.71. The van der Waals surface area contributed by atoms with E-state index in [2.05, 4.69) is 25.1 Å². The SMILES string of the molecule is C#Cc1cccc(NCC(CN)C(C)C)c1. The summed E-state index contributed by atoms with van der Waals surface area (Å²) >= 11 is 0. The maximum atomic E-state index is 5.72. The fourth-order valence-corrected chi connectivity index (χ4v) is 1.56. The van der Waals surface area contributed by atoms with Gasteiger partial charge in [-0.05, 0) is 36.6 Å². The molecule has 0 spiro atoms. The van der Waals surface area contributed by atoms with Gasteiger partial charge in [-0.15, -0.1) is 6.42 Å². The van der Waals surface area contributed by atoms with Crippen molar-refractivity contribution in [3.8, 4) is 12.3 Å². The molecule has 0 saturated carbocycles. The summed E-state index contributed by atoms with van der Waals surface area (Å²) in [5, 5.41) is 3.38. The fraction of sp³-hybridized carbons (Fsp3) is 0.429. The van der Waals surface area contributed by atoms with Crippen molar-refractivity contribution < 1.29 is 0 Å². The van der Waals surface area contributed by atoms with Crippen molar-refractivity contribution in [3.63, 3.8) is 0 Å². The predicted octanol–water partition coefficient (Wildman–Crippen LogP) is 2.31. The van der Waals surface area contributed by atoms with Crippen molar-refractivity contribution in [1.29, 1.82) is 0 Å². The van der Waals surface area contributed by atoms with Gasteiger partial charge in [-0.1, -0.05) is 25.8 Å². The van der Waals surface area contributed by atoms with Crippen molar-refractivity contribution in [2.24, 2.45) is 17.6 Å². The van der Waals surface area contributed by atoms with Crippen LogP contribution in [0, 0.1) is 24.2 Å². The highest BCUT2D eigenvalue weighted by molar-refractivity contribution is 5.49. The molecule has 2 heteroatoms. The van der Waals surface area contributed by atoms with Crippen LogP contribution in [0.4, 0.5) is 5.69 Å². The van der Waals surface area contributed by atoms with Gasteiger partial charge >= 0.3 is 0 Å². The summed E-state index contributed by atoms with van der Waals surface area (Å²) < 4.78 is 0. The molecule has 0 heterocycles. The highest BCUT2D eigenvalue weighted by Gasteiger charge is 2.10. The van der Waals surface area contributed by atoms with Crippen LogP contribution in [0.3, 0.4) is 0 Å². The van der Waals surface area contributed by atoms with Crippen molar-refractivity contribution >= 4 is 5.69 Å². The van der Waals surface area contributed by atoms with Crippen LogP contribution in [0.2, 0.25) is 0 Å². The zero-order valence-corrected chi connectivity index (χ0v) is 10.0. The van der Waals surface area contributed by atoms with Gasteiger partial charge in [0.1, 0.15) is 0 Å². The van der Waals surface area contributed by atoms with Crippen molar-refractivity contribution in [2.75, 3.05) is 18.4 Å². The maximum absolute atomic E-state index is 5.72. The first-order valence-electron chi connectivity index (χ1n) is 5.68. The van der Waals surface area contributed by atoms with E-state index >= 15 is 0 Å². The molecule has 3 N–H and O–H groups in total. The number of anilines is 1. The van der Waals surface area contributed by atoms with E-state index in [4.69, 9.17) is 12.2 Å². The van der Waals surface area contributed by atoms with Crippen LogP contribution >= 0.6 is 0 Å². The van der Waals surface area contributed by atoms with Gasteiger partial charge in [0.2, 0.25) is 0 Å². The smallest absolute Gasteiger partial charge is 0.0352 e. The molecule has 1 aromatic carbocycles. The molecular formula is C14H20N2. The van der Waals surface area contributed by atoms with Gasteiger partial charge in [0.15, 0.2) is 0 Å². The normalized spacial score (nSPS) is 12.2. The van der Waals surface area contributed by atoms with Crippen LogP contribution in [0.5, 0.6) is 0 Å². The molecule has 0 aliphatic heterocycles. The second kappa shape index (κ2) is 6.19. The first-order chi connectivity index (χ1) is 7.67. The molecule has 2 nitrogen and oxygen atoms in total. The molecule has 0 aromatic heterocycles. The standard InChI is InChI=1S/C14H20N2/c1-4-12-6-5-7-14(8-12)16-10-13(9-15)11(2)3/h1,5-8,11,13,16H,9-10,15H2,2-3H3. The minimum Gasteiger partial charge on any atom is -0.385 e. The molecule has 1 aromatic rings. The zero-order chi connectivity index (χ0) is 12.0. The Bertz CT molecular complexity index is 363. The van der Waals surface area contributed by atoms with Crippen LogP contribution in [-0.4, -0.2) is 13.1 Å². The van der Waals surface area contributed by atoms with E-state index in [1.54, 1.807) is 0 Å². The number of nitrogens with one attached hydrogen (secondary N) is 1. The number of rotatable bonds is 5. The van der Waals surface area contributed by atoms with Crippen LogP contribution in [-0.2, 0) is 0 Å². The molecule has 1 unspecified atom stereocenters. The van der Waals surface area contributed by atoms with E-state index in [1.165, 1.54) is 0 Å². The van der Waals surface area contributed by atoms with Crippen LogP contribution in [0.1, 0.15) is 19.4 Å². The van der Waals surface area contributed by atoms with E-state index in [1.807, 2.05) is 24.3 Å². The number of nitrogens with two attached hydrogens (primary N) is 1. The monoisotopic (exact) mass is 216 g/mol.